The maximum Gasteiger partial charge on any atom is 0.433 e. The molecule has 37 heavy (non-hydrogen) atoms. The largest absolute Gasteiger partial charge is 0.433 e. The molecule has 9 nitrogen and oxygen atoms in total. The number of imidazole rings is 1. The van der Waals surface area contributed by atoms with Gasteiger partial charge in [0.05, 0.1) is 34.7 Å². The molecule has 202 valence electrons. The number of fused-ring (bicyclic) bond motifs is 3. The molecule has 0 fully saturated rings. The van der Waals surface area contributed by atoms with Crippen molar-refractivity contribution >= 4 is 26.8 Å². The number of sulfone groups is 1. The topological polar surface area (TPSA) is 121 Å². The second kappa shape index (κ2) is 9.84. The minimum Gasteiger partial charge on any atom is -0.392 e. The minimum atomic E-state index is -4.78. The third kappa shape index (κ3) is 5.04. The van der Waals surface area contributed by atoms with E-state index in [2.05, 4.69) is 9.97 Å². The van der Waals surface area contributed by atoms with Crippen LogP contribution in [0.3, 0.4) is 0 Å². The molecule has 0 amide bonds. The first kappa shape index (κ1) is 27.3. The quantitative estimate of drug-likeness (QED) is 0.464. The molecule has 0 saturated carbocycles. The van der Waals surface area contributed by atoms with E-state index in [1.807, 2.05) is 18.4 Å². The van der Waals surface area contributed by atoms with Gasteiger partial charge in [-0.05, 0) is 30.0 Å². The zero-order valence-electron chi connectivity index (χ0n) is 21.0. The Balaban J connectivity index is 1.85. The van der Waals surface area contributed by atoms with Crippen molar-refractivity contribution in [3.63, 3.8) is 0 Å². The number of hydrogen-bond acceptors (Lipinski definition) is 8. The summed E-state index contributed by atoms with van der Waals surface area (Å²) in [6.45, 7) is 5.65. The fraction of sp³-hybridized carbons (Fsp3) is 0.542. The van der Waals surface area contributed by atoms with Crippen molar-refractivity contribution in [2.45, 2.75) is 70.0 Å². The Morgan fingerprint density at radius 1 is 1.19 bits per heavy atom. The highest BCUT2D eigenvalue weighted by atomic mass is 32.2. The molecule has 1 aliphatic heterocycles. The summed E-state index contributed by atoms with van der Waals surface area (Å²) in [6.07, 6.45) is -3.34. The normalized spacial score (nSPS) is 17.5. The zero-order valence-corrected chi connectivity index (χ0v) is 21.8. The van der Waals surface area contributed by atoms with Gasteiger partial charge in [0.1, 0.15) is 5.82 Å². The Bertz CT molecular complexity index is 1420. The van der Waals surface area contributed by atoms with Crippen LogP contribution in [-0.4, -0.2) is 51.0 Å². The van der Waals surface area contributed by atoms with Gasteiger partial charge in [0.15, 0.2) is 15.5 Å². The van der Waals surface area contributed by atoms with Crippen molar-refractivity contribution in [1.29, 1.82) is 0 Å². The van der Waals surface area contributed by atoms with E-state index in [1.54, 1.807) is 11.8 Å². The molecule has 1 aromatic carbocycles. The first-order valence-electron chi connectivity index (χ1n) is 12.0. The van der Waals surface area contributed by atoms with Gasteiger partial charge in [-0.25, -0.2) is 23.4 Å². The number of nitrogens with zero attached hydrogens (tertiary/aromatic N) is 5. The van der Waals surface area contributed by atoms with Crippen LogP contribution in [0.4, 0.5) is 19.1 Å². The lowest BCUT2D eigenvalue weighted by Gasteiger charge is -2.38. The first-order valence-corrected chi connectivity index (χ1v) is 13.9. The number of halogens is 3. The standard InChI is InChI=1S/C24H30F3N5O4S/c1-5-6-18(34)15-11-28-23(30-21(15)24(25,26)27)32-8-7-31-17-10-19(37(4,35)36)14(12-33)9-16(17)29-22(31)20(32)13(2)3/h9-11,13,18,20,33-34H,5-8,12H2,1-4H3/t18-,20-/m1/s1. The summed E-state index contributed by atoms with van der Waals surface area (Å²) >= 11 is 0. The maximum absolute atomic E-state index is 13.9. The Morgan fingerprint density at radius 3 is 2.46 bits per heavy atom. The van der Waals surface area contributed by atoms with E-state index in [-0.39, 0.29) is 40.9 Å². The first-order chi connectivity index (χ1) is 17.3. The van der Waals surface area contributed by atoms with Gasteiger partial charge in [-0.3, -0.25) is 0 Å². The Labute approximate surface area is 212 Å². The van der Waals surface area contributed by atoms with E-state index >= 15 is 0 Å². The van der Waals surface area contributed by atoms with Crippen molar-refractivity contribution in [3.8, 4) is 0 Å². The highest BCUT2D eigenvalue weighted by Gasteiger charge is 2.40. The van der Waals surface area contributed by atoms with E-state index in [0.717, 1.165) is 12.5 Å². The lowest BCUT2D eigenvalue weighted by Crippen LogP contribution is -2.42. The molecule has 0 saturated heterocycles. The Hall–Kier alpha value is -2.77. The van der Waals surface area contributed by atoms with Crippen LogP contribution >= 0.6 is 0 Å². The van der Waals surface area contributed by atoms with E-state index in [4.69, 9.17) is 4.98 Å². The Morgan fingerprint density at radius 2 is 1.89 bits per heavy atom. The van der Waals surface area contributed by atoms with Gasteiger partial charge in [0.2, 0.25) is 5.95 Å². The molecule has 3 aromatic rings. The predicted octanol–water partition coefficient (Wildman–Crippen LogP) is 3.79. The van der Waals surface area contributed by atoms with Crippen LogP contribution in [0, 0.1) is 5.92 Å². The summed E-state index contributed by atoms with van der Waals surface area (Å²) in [5.41, 5.74) is -0.247. The molecule has 0 radical (unpaired) electrons. The molecule has 2 aromatic heterocycles. The van der Waals surface area contributed by atoms with Gasteiger partial charge >= 0.3 is 6.18 Å². The molecular formula is C24H30F3N5O4S. The molecule has 0 spiro atoms. The molecule has 3 heterocycles. The second-order valence-corrected chi connectivity index (χ2v) is 11.6. The molecule has 2 atom stereocenters. The summed E-state index contributed by atoms with van der Waals surface area (Å²) in [5, 5.41) is 20.0. The maximum atomic E-state index is 13.9. The molecule has 2 N–H and O–H groups in total. The number of benzene rings is 1. The average Bonchev–Trinajstić information content (AvgIpc) is 3.18. The highest BCUT2D eigenvalue weighted by Crippen LogP contribution is 2.40. The van der Waals surface area contributed by atoms with Crippen LogP contribution in [0.25, 0.3) is 11.0 Å². The molecule has 13 heteroatoms. The smallest absolute Gasteiger partial charge is 0.392 e. The minimum absolute atomic E-state index is 0.00750. The third-order valence-electron chi connectivity index (χ3n) is 6.58. The molecule has 1 aliphatic rings. The van der Waals surface area contributed by atoms with Crippen molar-refractivity contribution < 1.29 is 31.8 Å². The van der Waals surface area contributed by atoms with Gasteiger partial charge in [-0.15, -0.1) is 0 Å². The fourth-order valence-electron chi connectivity index (χ4n) is 4.93. The predicted molar refractivity (Wildman–Crippen MR) is 131 cm³/mol. The lowest BCUT2D eigenvalue weighted by molar-refractivity contribution is -0.143. The summed E-state index contributed by atoms with van der Waals surface area (Å²) in [7, 11) is -3.62. The van der Waals surface area contributed by atoms with Gasteiger partial charge in [0, 0.05) is 31.1 Å². The van der Waals surface area contributed by atoms with E-state index in [0.29, 0.717) is 29.8 Å². The van der Waals surface area contributed by atoms with Crippen molar-refractivity contribution in [3.05, 3.63) is 41.0 Å². The summed E-state index contributed by atoms with van der Waals surface area (Å²) in [4.78, 5) is 14.5. The Kier molecular flexibility index (Phi) is 7.25. The van der Waals surface area contributed by atoms with E-state index in [9.17, 15) is 31.8 Å². The van der Waals surface area contributed by atoms with Gasteiger partial charge < -0.3 is 19.7 Å². The number of anilines is 1. The number of aromatic nitrogens is 4. The van der Waals surface area contributed by atoms with Crippen LogP contribution in [0.1, 0.15) is 68.4 Å². The van der Waals surface area contributed by atoms with Crippen LogP contribution in [-0.2, 0) is 29.2 Å². The molecular weight excluding hydrogens is 511 g/mol. The monoisotopic (exact) mass is 541 g/mol. The van der Waals surface area contributed by atoms with Gasteiger partial charge in [-0.2, -0.15) is 13.2 Å². The summed E-state index contributed by atoms with van der Waals surface area (Å²) < 4.78 is 68.3. The van der Waals surface area contributed by atoms with Gasteiger partial charge in [-0.1, -0.05) is 27.2 Å². The molecule has 4 rings (SSSR count). The second-order valence-electron chi connectivity index (χ2n) is 9.66. The molecule has 0 unspecified atom stereocenters. The van der Waals surface area contributed by atoms with E-state index in [1.165, 1.54) is 12.1 Å². The summed E-state index contributed by atoms with van der Waals surface area (Å²) in [5.74, 6) is 0.300. The number of alkyl halides is 3. The fourth-order valence-corrected chi connectivity index (χ4v) is 5.86. The van der Waals surface area contributed by atoms with Crippen LogP contribution in [0.15, 0.2) is 23.2 Å². The van der Waals surface area contributed by atoms with Crippen molar-refractivity contribution in [2.75, 3.05) is 17.7 Å². The zero-order chi connectivity index (χ0) is 27.3. The van der Waals surface area contributed by atoms with Crippen LogP contribution in [0.5, 0.6) is 0 Å². The van der Waals surface area contributed by atoms with Gasteiger partial charge in [0.25, 0.3) is 0 Å². The molecule has 0 bridgehead atoms. The number of aliphatic hydroxyl groups is 2. The number of hydrogen-bond donors (Lipinski definition) is 2. The SMILES string of the molecule is CCC[C@@H](O)c1cnc(N2CCn3c(nc4cc(CO)c(S(C)(=O)=O)cc43)[C@H]2C(C)C)nc1C(F)(F)F. The van der Waals surface area contributed by atoms with E-state index < -0.39 is 40.5 Å². The molecule has 0 aliphatic carbocycles. The average molecular weight is 542 g/mol. The van der Waals surface area contributed by atoms with Crippen molar-refractivity contribution in [1.82, 2.24) is 19.5 Å². The number of rotatable bonds is 7. The summed E-state index contributed by atoms with van der Waals surface area (Å²) in [6, 6.07) is 2.51. The third-order valence-corrected chi connectivity index (χ3v) is 7.76. The van der Waals surface area contributed by atoms with Crippen LogP contribution in [0.2, 0.25) is 0 Å². The highest BCUT2D eigenvalue weighted by molar-refractivity contribution is 7.90. The van der Waals surface area contributed by atoms with Crippen molar-refractivity contribution in [2.24, 2.45) is 5.92 Å². The van der Waals surface area contributed by atoms with Crippen LogP contribution < -0.4 is 4.90 Å². The number of aliphatic hydroxyl groups excluding tert-OH is 2. The lowest BCUT2D eigenvalue weighted by atomic mass is 10.00.